The highest BCUT2D eigenvalue weighted by molar-refractivity contribution is 7.85. The lowest BCUT2D eigenvalue weighted by Crippen LogP contribution is -2.19. The molecular formula is C11H14N2O3S. The molecule has 1 aromatic carbocycles. The molecule has 0 aliphatic rings. The van der Waals surface area contributed by atoms with Gasteiger partial charge in [0, 0.05) is 18.3 Å². The van der Waals surface area contributed by atoms with Crippen molar-refractivity contribution in [2.45, 2.75) is 25.5 Å². The van der Waals surface area contributed by atoms with E-state index in [0.29, 0.717) is 5.56 Å². The van der Waals surface area contributed by atoms with Crippen LogP contribution in [0.1, 0.15) is 26.3 Å². The molecule has 1 aromatic rings. The Balaban J connectivity index is 2.80. The van der Waals surface area contributed by atoms with Crippen LogP contribution in [-0.2, 0) is 11.0 Å². The second-order valence-electron chi connectivity index (χ2n) is 4.44. The van der Waals surface area contributed by atoms with Crippen molar-refractivity contribution in [1.82, 2.24) is 0 Å². The smallest absolute Gasteiger partial charge is 0.258 e. The van der Waals surface area contributed by atoms with Crippen molar-refractivity contribution < 1.29 is 9.13 Å². The third-order valence-corrected chi connectivity index (χ3v) is 3.27. The van der Waals surface area contributed by atoms with Crippen molar-refractivity contribution in [2.75, 3.05) is 0 Å². The highest BCUT2D eigenvalue weighted by Gasteiger charge is 2.18. The molecule has 1 atom stereocenters. The summed E-state index contributed by atoms with van der Waals surface area (Å²) < 4.78 is 15.1. The molecule has 0 saturated heterocycles. The lowest BCUT2D eigenvalue weighted by atomic mass is 10.2. The number of hydrogen-bond acceptors (Lipinski definition) is 3. The first kappa shape index (κ1) is 13.5. The van der Waals surface area contributed by atoms with Gasteiger partial charge in [-0.2, -0.15) is 4.40 Å². The van der Waals surface area contributed by atoms with Crippen LogP contribution in [0.2, 0.25) is 0 Å². The molecule has 17 heavy (non-hydrogen) atoms. The molecule has 0 amide bonds. The topological polar surface area (TPSA) is 72.6 Å². The van der Waals surface area contributed by atoms with Crippen molar-refractivity contribution in [3.05, 3.63) is 39.9 Å². The van der Waals surface area contributed by atoms with E-state index in [-0.39, 0.29) is 5.69 Å². The Morgan fingerprint density at radius 2 is 1.82 bits per heavy atom. The van der Waals surface area contributed by atoms with Crippen LogP contribution in [0.3, 0.4) is 0 Å². The fourth-order valence-electron chi connectivity index (χ4n) is 0.949. The number of nitro groups is 1. The average Bonchev–Trinajstić information content (AvgIpc) is 2.25. The summed E-state index contributed by atoms with van der Waals surface area (Å²) in [4.78, 5) is 9.97. The SMILES string of the molecule is CC(C)(C)[S@](=O)/N=C\c1ccc([N+](=O)[O-])cc1. The summed E-state index contributed by atoms with van der Waals surface area (Å²) >= 11 is 0. The lowest BCUT2D eigenvalue weighted by molar-refractivity contribution is -0.384. The highest BCUT2D eigenvalue weighted by Crippen LogP contribution is 2.13. The zero-order valence-corrected chi connectivity index (χ0v) is 10.7. The fraction of sp³-hybridized carbons (Fsp3) is 0.364. The van der Waals surface area contributed by atoms with Crippen molar-refractivity contribution in [2.24, 2.45) is 4.40 Å². The maximum absolute atomic E-state index is 11.6. The van der Waals surface area contributed by atoms with Gasteiger partial charge in [0.25, 0.3) is 5.69 Å². The third-order valence-electron chi connectivity index (χ3n) is 1.93. The molecule has 0 saturated carbocycles. The van der Waals surface area contributed by atoms with Crippen LogP contribution in [0.4, 0.5) is 5.69 Å². The number of rotatable bonds is 3. The normalized spacial score (nSPS) is 13.8. The van der Waals surface area contributed by atoms with E-state index < -0.39 is 20.7 Å². The maximum atomic E-state index is 11.6. The number of nitrogens with zero attached hydrogens (tertiary/aromatic N) is 2. The first-order valence-corrected chi connectivity index (χ1v) is 6.12. The summed E-state index contributed by atoms with van der Waals surface area (Å²) in [7, 11) is -1.32. The second-order valence-corrected chi connectivity index (χ2v) is 6.38. The van der Waals surface area contributed by atoms with Crippen molar-refractivity contribution in [3.63, 3.8) is 0 Å². The predicted molar refractivity (Wildman–Crippen MR) is 68.6 cm³/mol. The molecule has 0 aliphatic heterocycles. The summed E-state index contributed by atoms with van der Waals surface area (Å²) in [6, 6.07) is 5.92. The molecule has 92 valence electrons. The highest BCUT2D eigenvalue weighted by atomic mass is 32.2. The van der Waals surface area contributed by atoms with Gasteiger partial charge in [0.2, 0.25) is 0 Å². The maximum Gasteiger partial charge on any atom is 0.269 e. The van der Waals surface area contributed by atoms with E-state index in [0.717, 1.165) is 0 Å². The number of nitro benzene ring substituents is 1. The van der Waals surface area contributed by atoms with Crippen LogP contribution in [0.15, 0.2) is 28.7 Å². The van der Waals surface area contributed by atoms with Gasteiger partial charge in [-0.3, -0.25) is 10.1 Å². The summed E-state index contributed by atoms with van der Waals surface area (Å²) in [6.07, 6.45) is 1.46. The quantitative estimate of drug-likeness (QED) is 0.472. The Morgan fingerprint density at radius 1 is 1.29 bits per heavy atom. The molecule has 0 heterocycles. The number of benzene rings is 1. The predicted octanol–water partition coefficient (Wildman–Crippen LogP) is 2.48. The summed E-state index contributed by atoms with van der Waals surface area (Å²) in [5, 5.41) is 10.4. The zero-order chi connectivity index (χ0) is 13.1. The molecule has 0 aliphatic carbocycles. The van der Waals surface area contributed by atoms with Crippen LogP contribution in [-0.4, -0.2) is 20.1 Å². The van der Waals surface area contributed by atoms with Crippen LogP contribution < -0.4 is 0 Å². The molecule has 0 aromatic heterocycles. The van der Waals surface area contributed by atoms with E-state index in [1.807, 2.05) is 20.8 Å². The van der Waals surface area contributed by atoms with E-state index in [4.69, 9.17) is 0 Å². The molecule has 0 bridgehead atoms. The van der Waals surface area contributed by atoms with Crippen LogP contribution in [0.5, 0.6) is 0 Å². The molecule has 0 radical (unpaired) electrons. The van der Waals surface area contributed by atoms with Crippen LogP contribution in [0, 0.1) is 10.1 Å². The monoisotopic (exact) mass is 254 g/mol. The van der Waals surface area contributed by atoms with E-state index in [2.05, 4.69) is 4.40 Å². The molecule has 0 spiro atoms. The summed E-state index contributed by atoms with van der Waals surface area (Å²) in [6.45, 7) is 5.49. The number of non-ortho nitro benzene ring substituents is 1. The minimum Gasteiger partial charge on any atom is -0.258 e. The van der Waals surface area contributed by atoms with Gasteiger partial charge in [-0.05, 0) is 38.5 Å². The van der Waals surface area contributed by atoms with E-state index >= 15 is 0 Å². The first-order chi connectivity index (χ1) is 7.80. The minimum absolute atomic E-state index is 0.0269. The fourth-order valence-corrected chi connectivity index (χ4v) is 1.48. The van der Waals surface area contributed by atoms with Gasteiger partial charge in [-0.1, -0.05) is 0 Å². The van der Waals surface area contributed by atoms with E-state index in [9.17, 15) is 14.3 Å². The third kappa shape index (κ3) is 4.07. The zero-order valence-electron chi connectivity index (χ0n) is 9.91. The van der Waals surface area contributed by atoms with Crippen molar-refractivity contribution >= 4 is 22.9 Å². The summed E-state index contributed by atoms with van der Waals surface area (Å²) in [5.41, 5.74) is 0.715. The molecule has 6 heteroatoms. The van der Waals surface area contributed by atoms with Crippen molar-refractivity contribution in [3.8, 4) is 0 Å². The Hall–Kier alpha value is -1.56. The molecule has 1 rings (SSSR count). The molecule has 0 unspecified atom stereocenters. The van der Waals surface area contributed by atoms with Gasteiger partial charge in [-0.15, -0.1) is 0 Å². The Bertz CT molecular complexity index is 461. The van der Waals surface area contributed by atoms with Gasteiger partial charge in [-0.25, -0.2) is 4.21 Å². The summed E-state index contributed by atoms with van der Waals surface area (Å²) in [5.74, 6) is 0. The Kier molecular flexibility index (Phi) is 4.11. The second kappa shape index (κ2) is 5.18. The molecule has 5 nitrogen and oxygen atoms in total. The Labute approximate surface area is 102 Å². The van der Waals surface area contributed by atoms with Crippen LogP contribution >= 0.6 is 0 Å². The lowest BCUT2D eigenvalue weighted by Gasteiger charge is -2.12. The van der Waals surface area contributed by atoms with Crippen LogP contribution in [0.25, 0.3) is 0 Å². The minimum atomic E-state index is -1.32. The standard InChI is InChI=1S/C11H14N2O3S/c1-11(2,3)17(16)12-8-9-4-6-10(7-5-9)13(14)15/h4-8H,1-3H3/b12-8-/t17-/m0/s1. The van der Waals surface area contributed by atoms with Gasteiger partial charge in [0.05, 0.1) is 9.67 Å². The first-order valence-electron chi connectivity index (χ1n) is 5.01. The van der Waals surface area contributed by atoms with E-state index in [1.54, 1.807) is 12.1 Å². The Morgan fingerprint density at radius 3 is 2.24 bits per heavy atom. The average molecular weight is 254 g/mol. The van der Waals surface area contributed by atoms with Gasteiger partial charge in [0.15, 0.2) is 0 Å². The largest absolute Gasteiger partial charge is 0.269 e. The molecule has 0 fully saturated rings. The molecular weight excluding hydrogens is 240 g/mol. The van der Waals surface area contributed by atoms with Gasteiger partial charge < -0.3 is 0 Å². The number of hydrogen-bond donors (Lipinski definition) is 0. The van der Waals surface area contributed by atoms with Crippen molar-refractivity contribution in [1.29, 1.82) is 0 Å². The van der Waals surface area contributed by atoms with E-state index in [1.165, 1.54) is 18.3 Å². The van der Waals surface area contributed by atoms with Gasteiger partial charge in [0.1, 0.15) is 11.0 Å². The van der Waals surface area contributed by atoms with Gasteiger partial charge >= 0.3 is 0 Å². The molecule has 0 N–H and O–H groups in total.